The van der Waals surface area contributed by atoms with E-state index in [1.54, 1.807) is 6.07 Å². The number of likely N-dealkylation sites (tertiary alicyclic amines) is 1. The van der Waals surface area contributed by atoms with Crippen LogP contribution < -0.4 is 5.73 Å². The molecule has 0 atom stereocenters. The number of benzene rings is 1. The Labute approximate surface area is 96.2 Å². The molecular weight excluding hydrogens is 203 g/mol. The van der Waals surface area contributed by atoms with Gasteiger partial charge < -0.3 is 5.73 Å². The van der Waals surface area contributed by atoms with Crippen molar-refractivity contribution < 1.29 is 4.39 Å². The first-order valence-electron chi connectivity index (χ1n) is 5.78. The number of hydrogen-bond donors (Lipinski definition) is 1. The largest absolute Gasteiger partial charge is 0.396 e. The summed E-state index contributed by atoms with van der Waals surface area (Å²) in [6.45, 7) is 6.12. The van der Waals surface area contributed by atoms with Crippen molar-refractivity contribution >= 4 is 5.69 Å². The summed E-state index contributed by atoms with van der Waals surface area (Å²) in [6, 6.07) is 5.24. The van der Waals surface area contributed by atoms with Crippen LogP contribution in [-0.4, -0.2) is 17.0 Å². The van der Waals surface area contributed by atoms with E-state index in [1.165, 1.54) is 12.8 Å². The molecule has 0 amide bonds. The van der Waals surface area contributed by atoms with Crippen molar-refractivity contribution in [2.75, 3.05) is 12.3 Å². The third kappa shape index (κ3) is 2.05. The molecule has 0 unspecified atom stereocenters. The van der Waals surface area contributed by atoms with Gasteiger partial charge in [0.15, 0.2) is 5.82 Å². The minimum absolute atomic E-state index is 0.178. The third-order valence-electron chi connectivity index (χ3n) is 3.54. The van der Waals surface area contributed by atoms with Gasteiger partial charge in [-0.1, -0.05) is 12.1 Å². The van der Waals surface area contributed by atoms with Crippen molar-refractivity contribution in [1.82, 2.24) is 4.90 Å². The van der Waals surface area contributed by atoms with Crippen LogP contribution in [-0.2, 0) is 6.54 Å². The van der Waals surface area contributed by atoms with Crippen molar-refractivity contribution in [3.8, 4) is 0 Å². The third-order valence-corrected chi connectivity index (χ3v) is 3.54. The molecular formula is C13H19FN2. The zero-order valence-electron chi connectivity index (χ0n) is 9.96. The predicted molar refractivity (Wildman–Crippen MR) is 64.5 cm³/mol. The second kappa shape index (κ2) is 4.06. The number of nitrogen functional groups attached to an aromatic ring is 1. The molecule has 1 heterocycles. The van der Waals surface area contributed by atoms with Crippen LogP contribution in [0.4, 0.5) is 10.1 Å². The highest BCUT2D eigenvalue weighted by atomic mass is 19.1. The van der Waals surface area contributed by atoms with Crippen LogP contribution in [0.15, 0.2) is 18.2 Å². The molecule has 0 aromatic heterocycles. The van der Waals surface area contributed by atoms with E-state index < -0.39 is 0 Å². The van der Waals surface area contributed by atoms with Gasteiger partial charge in [-0.15, -0.1) is 0 Å². The van der Waals surface area contributed by atoms with Gasteiger partial charge in [-0.05, 0) is 39.3 Å². The van der Waals surface area contributed by atoms with Gasteiger partial charge in [0, 0.05) is 17.6 Å². The highest BCUT2D eigenvalue weighted by molar-refractivity contribution is 5.42. The lowest BCUT2D eigenvalue weighted by atomic mass is 10.0. The number of nitrogens with two attached hydrogens (primary N) is 1. The van der Waals surface area contributed by atoms with Crippen LogP contribution in [0.2, 0.25) is 0 Å². The molecule has 3 heteroatoms. The fraction of sp³-hybridized carbons (Fsp3) is 0.538. The molecule has 0 radical (unpaired) electrons. The molecule has 2 nitrogen and oxygen atoms in total. The van der Waals surface area contributed by atoms with Crippen molar-refractivity contribution in [2.24, 2.45) is 0 Å². The van der Waals surface area contributed by atoms with Gasteiger partial charge in [0.05, 0.1) is 5.69 Å². The monoisotopic (exact) mass is 222 g/mol. The molecule has 1 saturated heterocycles. The van der Waals surface area contributed by atoms with E-state index in [1.807, 2.05) is 12.1 Å². The van der Waals surface area contributed by atoms with Crippen LogP contribution in [0, 0.1) is 5.82 Å². The van der Waals surface area contributed by atoms with Crippen LogP contribution >= 0.6 is 0 Å². The average molecular weight is 222 g/mol. The Morgan fingerprint density at radius 3 is 2.81 bits per heavy atom. The number of anilines is 1. The summed E-state index contributed by atoms with van der Waals surface area (Å²) in [5.41, 5.74) is 6.70. The molecule has 16 heavy (non-hydrogen) atoms. The summed E-state index contributed by atoms with van der Waals surface area (Å²) in [5, 5.41) is 0. The fourth-order valence-electron chi connectivity index (χ4n) is 2.38. The average Bonchev–Trinajstić information content (AvgIpc) is 2.54. The van der Waals surface area contributed by atoms with E-state index in [4.69, 9.17) is 5.73 Å². The van der Waals surface area contributed by atoms with Crippen molar-refractivity contribution in [3.05, 3.63) is 29.6 Å². The SMILES string of the molecule is CC1(C)CCCN1Cc1cccc(N)c1F. The summed E-state index contributed by atoms with van der Waals surface area (Å²) in [6.07, 6.45) is 2.37. The van der Waals surface area contributed by atoms with Crippen LogP contribution in [0.1, 0.15) is 32.3 Å². The normalized spacial score (nSPS) is 20.2. The summed E-state index contributed by atoms with van der Waals surface area (Å²) < 4.78 is 13.8. The second-order valence-corrected chi connectivity index (χ2v) is 5.16. The summed E-state index contributed by atoms with van der Waals surface area (Å²) in [4.78, 5) is 2.32. The zero-order chi connectivity index (χ0) is 11.8. The van der Waals surface area contributed by atoms with E-state index in [0.29, 0.717) is 12.1 Å². The summed E-state index contributed by atoms with van der Waals surface area (Å²) in [5.74, 6) is -0.259. The maximum Gasteiger partial charge on any atom is 0.150 e. The van der Waals surface area contributed by atoms with Gasteiger partial charge in [0.1, 0.15) is 0 Å². The summed E-state index contributed by atoms with van der Waals surface area (Å²) in [7, 11) is 0. The maximum absolute atomic E-state index is 13.8. The van der Waals surface area contributed by atoms with Gasteiger partial charge in [0.25, 0.3) is 0 Å². The van der Waals surface area contributed by atoms with Crippen molar-refractivity contribution in [3.63, 3.8) is 0 Å². The van der Waals surface area contributed by atoms with E-state index >= 15 is 0 Å². The standard InChI is InChI=1S/C13H19FN2/c1-13(2)7-4-8-16(13)9-10-5-3-6-11(15)12(10)14/h3,5-6H,4,7-9,15H2,1-2H3. The fourth-order valence-corrected chi connectivity index (χ4v) is 2.38. The first kappa shape index (κ1) is 11.4. The lowest BCUT2D eigenvalue weighted by Crippen LogP contribution is -2.37. The molecule has 0 saturated carbocycles. The van der Waals surface area contributed by atoms with E-state index in [9.17, 15) is 4.39 Å². The molecule has 1 aromatic rings. The van der Waals surface area contributed by atoms with Crippen LogP contribution in [0.3, 0.4) is 0 Å². The molecule has 88 valence electrons. The Kier molecular flexibility index (Phi) is 2.89. The van der Waals surface area contributed by atoms with E-state index in [2.05, 4.69) is 18.7 Å². The lowest BCUT2D eigenvalue weighted by Gasteiger charge is -2.31. The quantitative estimate of drug-likeness (QED) is 0.780. The predicted octanol–water partition coefficient (Wildman–Crippen LogP) is 2.78. The molecule has 0 bridgehead atoms. The van der Waals surface area contributed by atoms with Crippen LogP contribution in [0.5, 0.6) is 0 Å². The Morgan fingerprint density at radius 1 is 1.44 bits per heavy atom. The second-order valence-electron chi connectivity index (χ2n) is 5.16. The minimum Gasteiger partial charge on any atom is -0.396 e. The van der Waals surface area contributed by atoms with E-state index in [0.717, 1.165) is 6.54 Å². The number of hydrogen-bond acceptors (Lipinski definition) is 2. The number of rotatable bonds is 2. The van der Waals surface area contributed by atoms with E-state index in [-0.39, 0.29) is 17.0 Å². The molecule has 1 fully saturated rings. The smallest absolute Gasteiger partial charge is 0.150 e. The topological polar surface area (TPSA) is 29.3 Å². The molecule has 1 aromatic carbocycles. The van der Waals surface area contributed by atoms with Crippen molar-refractivity contribution in [1.29, 1.82) is 0 Å². The lowest BCUT2D eigenvalue weighted by molar-refractivity contribution is 0.164. The number of halogens is 1. The Bertz CT molecular complexity index is 388. The van der Waals surface area contributed by atoms with Gasteiger partial charge >= 0.3 is 0 Å². The Morgan fingerprint density at radius 2 is 2.19 bits per heavy atom. The van der Waals surface area contributed by atoms with Crippen LogP contribution in [0.25, 0.3) is 0 Å². The van der Waals surface area contributed by atoms with Gasteiger partial charge in [-0.25, -0.2) is 4.39 Å². The maximum atomic E-state index is 13.8. The molecule has 2 N–H and O–H groups in total. The Balaban J connectivity index is 2.18. The summed E-state index contributed by atoms with van der Waals surface area (Å²) >= 11 is 0. The first-order chi connectivity index (χ1) is 7.50. The highest BCUT2D eigenvalue weighted by Crippen LogP contribution is 2.30. The van der Waals surface area contributed by atoms with Gasteiger partial charge in [-0.2, -0.15) is 0 Å². The molecule has 0 spiro atoms. The minimum atomic E-state index is -0.259. The number of nitrogens with zero attached hydrogens (tertiary/aromatic N) is 1. The molecule has 2 rings (SSSR count). The molecule has 1 aliphatic heterocycles. The highest BCUT2D eigenvalue weighted by Gasteiger charge is 2.32. The van der Waals surface area contributed by atoms with Crippen molar-refractivity contribution in [2.45, 2.75) is 38.8 Å². The van der Waals surface area contributed by atoms with Gasteiger partial charge in [0.2, 0.25) is 0 Å². The molecule has 0 aliphatic carbocycles. The molecule has 1 aliphatic rings. The van der Waals surface area contributed by atoms with Gasteiger partial charge in [-0.3, -0.25) is 4.90 Å². The Hall–Kier alpha value is -1.09. The first-order valence-corrected chi connectivity index (χ1v) is 5.78. The zero-order valence-corrected chi connectivity index (χ0v) is 9.96.